The number of nitrogens with one attached hydrogen (secondary N) is 1. The first-order valence-corrected chi connectivity index (χ1v) is 7.01. The summed E-state index contributed by atoms with van der Waals surface area (Å²) >= 11 is 1.26. The molecule has 0 saturated heterocycles. The summed E-state index contributed by atoms with van der Waals surface area (Å²) in [6, 6.07) is 11.4. The Kier molecular flexibility index (Phi) is 5.51. The van der Waals surface area contributed by atoms with Gasteiger partial charge < -0.3 is 10.1 Å². The van der Waals surface area contributed by atoms with Crippen molar-refractivity contribution in [3.8, 4) is 5.75 Å². The Morgan fingerprint density at radius 1 is 1.24 bits per heavy atom. The number of ether oxygens (including phenoxy) is 1. The lowest BCUT2D eigenvalue weighted by Gasteiger charge is -2.11. The number of halogens is 2. The van der Waals surface area contributed by atoms with Gasteiger partial charge in [-0.2, -0.15) is 8.78 Å². The summed E-state index contributed by atoms with van der Waals surface area (Å²) in [5, 5.41) is 3.25. The molecule has 1 N–H and O–H groups in total. The Balaban J connectivity index is 1.93. The van der Waals surface area contributed by atoms with Gasteiger partial charge in [-0.05, 0) is 24.3 Å². The number of amides is 1. The summed E-state index contributed by atoms with van der Waals surface area (Å²) in [6.07, 6.45) is 1.63. The maximum atomic E-state index is 12.3. The van der Waals surface area contributed by atoms with Gasteiger partial charge in [-0.3, -0.25) is 4.79 Å². The third-order valence-corrected chi connectivity index (χ3v) is 3.31. The Morgan fingerprint density at radius 2 is 2.00 bits per heavy atom. The third-order valence-electron chi connectivity index (χ3n) is 2.37. The zero-order valence-electron chi connectivity index (χ0n) is 10.8. The minimum atomic E-state index is -2.94. The van der Waals surface area contributed by atoms with Crippen LogP contribution in [0, 0.1) is 0 Å². The molecule has 0 atom stereocenters. The number of para-hydroxylation sites is 2. The molecule has 0 saturated carbocycles. The van der Waals surface area contributed by atoms with E-state index >= 15 is 0 Å². The van der Waals surface area contributed by atoms with Gasteiger partial charge in [0, 0.05) is 6.20 Å². The Labute approximate surface area is 124 Å². The van der Waals surface area contributed by atoms with Crippen LogP contribution in [0.15, 0.2) is 53.7 Å². The molecular weight excluding hydrogens is 298 g/mol. The number of hydrogen-bond acceptors (Lipinski definition) is 4. The molecule has 0 spiro atoms. The quantitative estimate of drug-likeness (QED) is 0.831. The second kappa shape index (κ2) is 7.58. The highest BCUT2D eigenvalue weighted by Gasteiger charge is 2.11. The van der Waals surface area contributed by atoms with Gasteiger partial charge in [-0.25, -0.2) is 4.98 Å². The van der Waals surface area contributed by atoms with Crippen LogP contribution in [0.3, 0.4) is 0 Å². The topological polar surface area (TPSA) is 51.2 Å². The van der Waals surface area contributed by atoms with Gasteiger partial charge in [0.15, 0.2) is 0 Å². The summed E-state index contributed by atoms with van der Waals surface area (Å²) in [7, 11) is 0. The first kappa shape index (κ1) is 15.2. The number of carbonyl (C=O) groups is 1. The fourth-order valence-corrected chi connectivity index (χ4v) is 2.19. The second-order valence-corrected chi connectivity index (χ2v) is 4.88. The predicted molar refractivity (Wildman–Crippen MR) is 76.7 cm³/mol. The Hall–Kier alpha value is -2.15. The largest absolute Gasteiger partial charge is 0.433 e. The minimum Gasteiger partial charge on any atom is -0.433 e. The van der Waals surface area contributed by atoms with Crippen molar-refractivity contribution in [2.24, 2.45) is 0 Å². The maximum Gasteiger partial charge on any atom is 0.387 e. The second-order valence-electron chi connectivity index (χ2n) is 3.88. The SMILES string of the molecule is O=C(CSc1ccccn1)Nc1ccccc1OC(F)F. The van der Waals surface area contributed by atoms with Gasteiger partial charge in [0.1, 0.15) is 5.75 Å². The highest BCUT2D eigenvalue weighted by Crippen LogP contribution is 2.26. The van der Waals surface area contributed by atoms with Gasteiger partial charge in [0.25, 0.3) is 0 Å². The van der Waals surface area contributed by atoms with Crippen LogP contribution in [-0.4, -0.2) is 23.3 Å². The van der Waals surface area contributed by atoms with E-state index in [0.717, 1.165) is 0 Å². The molecule has 21 heavy (non-hydrogen) atoms. The standard InChI is InChI=1S/C14H12F2N2O2S/c15-14(16)20-11-6-2-1-5-10(11)18-12(19)9-21-13-7-3-4-8-17-13/h1-8,14H,9H2,(H,18,19). The smallest absolute Gasteiger partial charge is 0.387 e. The molecule has 0 unspecified atom stereocenters. The molecule has 4 nitrogen and oxygen atoms in total. The number of benzene rings is 1. The molecule has 2 aromatic rings. The van der Waals surface area contributed by atoms with E-state index in [1.165, 1.54) is 23.9 Å². The van der Waals surface area contributed by atoms with Crippen molar-refractivity contribution < 1.29 is 18.3 Å². The monoisotopic (exact) mass is 310 g/mol. The van der Waals surface area contributed by atoms with Crippen LogP contribution < -0.4 is 10.1 Å². The first-order valence-electron chi connectivity index (χ1n) is 6.02. The lowest BCUT2D eigenvalue weighted by atomic mass is 10.3. The molecule has 0 aliphatic heterocycles. The lowest BCUT2D eigenvalue weighted by Crippen LogP contribution is -2.15. The number of rotatable bonds is 6. The van der Waals surface area contributed by atoms with Gasteiger partial charge >= 0.3 is 6.61 Å². The number of alkyl halides is 2. The minimum absolute atomic E-state index is 0.0660. The van der Waals surface area contributed by atoms with Crippen molar-refractivity contribution in [1.82, 2.24) is 4.98 Å². The third kappa shape index (κ3) is 5.03. The van der Waals surface area contributed by atoms with Crippen molar-refractivity contribution in [1.29, 1.82) is 0 Å². The van der Waals surface area contributed by atoms with E-state index in [2.05, 4.69) is 15.0 Å². The molecule has 1 aromatic heterocycles. The molecule has 0 aliphatic carbocycles. The van der Waals surface area contributed by atoms with Crippen LogP contribution in [0.5, 0.6) is 5.75 Å². The van der Waals surface area contributed by atoms with E-state index in [1.54, 1.807) is 30.5 Å². The maximum absolute atomic E-state index is 12.3. The van der Waals surface area contributed by atoms with Gasteiger partial charge in [0.2, 0.25) is 5.91 Å². The number of carbonyl (C=O) groups excluding carboxylic acids is 1. The molecule has 0 bridgehead atoms. The fourth-order valence-electron chi connectivity index (χ4n) is 1.53. The lowest BCUT2D eigenvalue weighted by molar-refractivity contribution is -0.113. The van der Waals surface area contributed by atoms with E-state index < -0.39 is 6.61 Å². The van der Waals surface area contributed by atoms with E-state index in [0.29, 0.717) is 5.03 Å². The first-order chi connectivity index (χ1) is 10.1. The Morgan fingerprint density at radius 3 is 2.71 bits per heavy atom. The molecule has 1 aromatic carbocycles. The van der Waals surface area contributed by atoms with Crippen LogP contribution in [0.1, 0.15) is 0 Å². The van der Waals surface area contributed by atoms with Crippen molar-refractivity contribution in [3.05, 3.63) is 48.7 Å². The van der Waals surface area contributed by atoms with Crippen LogP contribution >= 0.6 is 11.8 Å². The predicted octanol–water partition coefficient (Wildman–Crippen LogP) is 3.41. The molecule has 110 valence electrons. The zero-order valence-corrected chi connectivity index (χ0v) is 11.6. The zero-order chi connectivity index (χ0) is 15.1. The summed E-state index contributed by atoms with van der Waals surface area (Å²) in [5.41, 5.74) is 0.212. The number of anilines is 1. The molecule has 0 aliphatic rings. The average molecular weight is 310 g/mol. The summed E-state index contributed by atoms with van der Waals surface area (Å²) in [6.45, 7) is -2.94. The van der Waals surface area contributed by atoms with E-state index in [4.69, 9.17) is 0 Å². The highest BCUT2D eigenvalue weighted by atomic mass is 32.2. The van der Waals surface area contributed by atoms with Gasteiger partial charge in [0.05, 0.1) is 16.5 Å². The molecular formula is C14H12F2N2O2S. The molecule has 1 amide bonds. The number of pyridine rings is 1. The van der Waals surface area contributed by atoms with Crippen molar-refractivity contribution >= 4 is 23.4 Å². The van der Waals surface area contributed by atoms with E-state index in [1.807, 2.05) is 6.07 Å². The van der Waals surface area contributed by atoms with Crippen molar-refractivity contribution in [2.45, 2.75) is 11.6 Å². The van der Waals surface area contributed by atoms with Crippen molar-refractivity contribution in [2.75, 3.05) is 11.1 Å². The fraction of sp³-hybridized carbons (Fsp3) is 0.143. The molecule has 0 radical (unpaired) electrons. The van der Waals surface area contributed by atoms with E-state index in [9.17, 15) is 13.6 Å². The Bertz CT molecular complexity index is 597. The average Bonchev–Trinajstić information content (AvgIpc) is 2.48. The number of thioether (sulfide) groups is 1. The summed E-state index contributed by atoms with van der Waals surface area (Å²) in [5.74, 6) is -0.264. The molecule has 0 fully saturated rings. The van der Waals surface area contributed by atoms with Crippen molar-refractivity contribution in [3.63, 3.8) is 0 Å². The van der Waals surface area contributed by atoms with E-state index in [-0.39, 0.29) is 23.1 Å². The molecule has 1 heterocycles. The normalized spacial score (nSPS) is 10.4. The molecule has 7 heteroatoms. The van der Waals surface area contributed by atoms with Gasteiger partial charge in [-0.1, -0.05) is 30.0 Å². The number of nitrogens with zero attached hydrogens (tertiary/aromatic N) is 1. The number of hydrogen-bond donors (Lipinski definition) is 1. The molecule has 2 rings (SSSR count). The van der Waals surface area contributed by atoms with Gasteiger partial charge in [-0.15, -0.1) is 0 Å². The van der Waals surface area contributed by atoms with Crippen LogP contribution in [-0.2, 0) is 4.79 Å². The number of aromatic nitrogens is 1. The van der Waals surface area contributed by atoms with Crippen LogP contribution in [0.2, 0.25) is 0 Å². The van der Waals surface area contributed by atoms with Crippen LogP contribution in [0.4, 0.5) is 14.5 Å². The summed E-state index contributed by atoms with van der Waals surface area (Å²) < 4.78 is 28.9. The highest BCUT2D eigenvalue weighted by molar-refractivity contribution is 7.99. The van der Waals surface area contributed by atoms with Crippen LogP contribution in [0.25, 0.3) is 0 Å². The summed E-state index contributed by atoms with van der Waals surface area (Å²) in [4.78, 5) is 15.9.